The topological polar surface area (TPSA) is 66.8 Å². The van der Waals surface area contributed by atoms with Crippen LogP contribution in [0.5, 0.6) is 0 Å². The van der Waals surface area contributed by atoms with Gasteiger partial charge in [-0.2, -0.15) is 0 Å². The molecule has 1 aromatic rings. The first-order valence-electron chi connectivity index (χ1n) is 6.44. The van der Waals surface area contributed by atoms with Gasteiger partial charge in [0.25, 0.3) is 0 Å². The number of aliphatic carboxylic acids is 1. The summed E-state index contributed by atoms with van der Waals surface area (Å²) in [5, 5.41) is 9.52. The largest absolute Gasteiger partial charge is 0.479 e. The Labute approximate surface area is 123 Å². The van der Waals surface area contributed by atoms with Crippen molar-refractivity contribution in [2.24, 2.45) is 0 Å². The van der Waals surface area contributed by atoms with Crippen LogP contribution in [0, 0.1) is 5.82 Å². The van der Waals surface area contributed by atoms with Gasteiger partial charge in [0.1, 0.15) is 11.4 Å². The van der Waals surface area contributed by atoms with Crippen LogP contribution in [0.15, 0.2) is 24.3 Å². The number of likely N-dealkylation sites (N-methyl/N-ethyl adjacent to an activating group) is 1. The standard InChI is InChI=1S/C15H20FNO4/c1-14(2,3)21-13(20)17(5)15(4,12(18)19)10-7-6-8-11(16)9-10/h6-9H,1-5H3,(H,18,19). The first-order valence-corrected chi connectivity index (χ1v) is 6.44. The highest BCUT2D eigenvalue weighted by Crippen LogP contribution is 2.29. The van der Waals surface area contributed by atoms with Crippen molar-refractivity contribution in [3.8, 4) is 0 Å². The second kappa shape index (κ2) is 5.71. The lowest BCUT2D eigenvalue weighted by Crippen LogP contribution is -2.52. The predicted molar refractivity (Wildman–Crippen MR) is 75.4 cm³/mol. The number of carbonyl (C=O) groups is 2. The maximum Gasteiger partial charge on any atom is 0.411 e. The Morgan fingerprint density at radius 2 is 1.81 bits per heavy atom. The van der Waals surface area contributed by atoms with Crippen molar-refractivity contribution in [1.82, 2.24) is 4.90 Å². The van der Waals surface area contributed by atoms with E-state index >= 15 is 0 Å². The van der Waals surface area contributed by atoms with Crippen molar-refractivity contribution >= 4 is 12.1 Å². The number of rotatable bonds is 3. The van der Waals surface area contributed by atoms with Crippen LogP contribution >= 0.6 is 0 Å². The summed E-state index contributed by atoms with van der Waals surface area (Å²) < 4.78 is 18.5. The zero-order valence-corrected chi connectivity index (χ0v) is 12.8. The smallest absolute Gasteiger partial charge is 0.411 e. The number of hydrogen-bond acceptors (Lipinski definition) is 3. The molecule has 1 unspecified atom stereocenters. The fraction of sp³-hybridized carbons (Fsp3) is 0.467. The molecule has 0 fully saturated rings. The summed E-state index contributed by atoms with van der Waals surface area (Å²) >= 11 is 0. The van der Waals surface area contributed by atoms with Gasteiger partial charge in [0, 0.05) is 7.05 Å². The van der Waals surface area contributed by atoms with Gasteiger partial charge in [-0.1, -0.05) is 12.1 Å². The molecule has 0 bridgehead atoms. The maximum absolute atomic E-state index is 13.4. The van der Waals surface area contributed by atoms with Crippen LogP contribution in [-0.2, 0) is 15.1 Å². The molecule has 0 aromatic heterocycles. The Kier molecular flexibility index (Phi) is 4.61. The van der Waals surface area contributed by atoms with Gasteiger partial charge < -0.3 is 9.84 Å². The number of halogens is 1. The molecule has 0 aliphatic heterocycles. The van der Waals surface area contributed by atoms with E-state index in [0.29, 0.717) is 0 Å². The van der Waals surface area contributed by atoms with Crippen molar-refractivity contribution in [2.45, 2.75) is 38.8 Å². The minimum absolute atomic E-state index is 0.156. The molecule has 1 atom stereocenters. The number of carboxylic acids is 1. The second-order valence-corrected chi connectivity index (χ2v) is 5.93. The Morgan fingerprint density at radius 1 is 1.24 bits per heavy atom. The molecular weight excluding hydrogens is 277 g/mol. The minimum atomic E-state index is -1.73. The van der Waals surface area contributed by atoms with E-state index in [1.54, 1.807) is 20.8 Å². The van der Waals surface area contributed by atoms with E-state index < -0.39 is 29.0 Å². The number of amides is 1. The van der Waals surface area contributed by atoms with E-state index in [1.807, 2.05) is 0 Å². The Hall–Kier alpha value is -2.11. The van der Waals surface area contributed by atoms with Crippen LogP contribution in [0.2, 0.25) is 0 Å². The number of benzene rings is 1. The third kappa shape index (κ3) is 3.71. The Bertz CT molecular complexity index is 553. The second-order valence-electron chi connectivity index (χ2n) is 5.93. The van der Waals surface area contributed by atoms with E-state index in [4.69, 9.17) is 4.74 Å². The molecule has 1 N–H and O–H groups in total. The van der Waals surface area contributed by atoms with Crippen LogP contribution in [0.25, 0.3) is 0 Å². The number of carboxylic acid groups (broad SMARTS) is 1. The highest BCUT2D eigenvalue weighted by Gasteiger charge is 2.43. The summed E-state index contributed by atoms with van der Waals surface area (Å²) in [7, 11) is 1.31. The van der Waals surface area contributed by atoms with E-state index in [0.717, 1.165) is 11.0 Å². The van der Waals surface area contributed by atoms with Gasteiger partial charge >= 0.3 is 12.1 Å². The summed E-state index contributed by atoms with van der Waals surface area (Å²) in [5.41, 5.74) is -2.33. The highest BCUT2D eigenvalue weighted by atomic mass is 19.1. The van der Waals surface area contributed by atoms with Crippen LogP contribution in [-0.4, -0.2) is 34.7 Å². The molecule has 0 heterocycles. The van der Waals surface area contributed by atoms with E-state index in [-0.39, 0.29) is 5.56 Å². The van der Waals surface area contributed by atoms with Crippen LogP contribution in [0.1, 0.15) is 33.3 Å². The SMILES string of the molecule is CN(C(=O)OC(C)(C)C)C(C)(C(=O)O)c1cccc(F)c1. The summed E-state index contributed by atoms with van der Waals surface area (Å²) in [6, 6.07) is 5.15. The van der Waals surface area contributed by atoms with Gasteiger partial charge in [0.15, 0.2) is 5.54 Å². The Balaban J connectivity index is 3.22. The zero-order chi connectivity index (χ0) is 16.4. The van der Waals surface area contributed by atoms with Gasteiger partial charge in [-0.25, -0.2) is 14.0 Å². The molecule has 0 radical (unpaired) electrons. The fourth-order valence-electron chi connectivity index (χ4n) is 1.76. The van der Waals surface area contributed by atoms with Crippen molar-refractivity contribution < 1.29 is 23.8 Å². The summed E-state index contributed by atoms with van der Waals surface area (Å²) in [6.45, 7) is 6.37. The molecule has 1 rings (SSSR count). The first kappa shape index (κ1) is 16.9. The normalized spacial score (nSPS) is 14.2. The minimum Gasteiger partial charge on any atom is -0.479 e. The fourth-order valence-corrected chi connectivity index (χ4v) is 1.76. The molecular formula is C15H20FNO4. The molecule has 0 saturated heterocycles. The molecule has 1 aromatic carbocycles. The molecule has 1 amide bonds. The molecule has 116 valence electrons. The molecule has 21 heavy (non-hydrogen) atoms. The summed E-state index contributed by atoms with van der Waals surface area (Å²) in [4.78, 5) is 24.7. The third-order valence-corrected chi connectivity index (χ3v) is 3.14. The van der Waals surface area contributed by atoms with Gasteiger partial charge in [0.05, 0.1) is 0 Å². The maximum atomic E-state index is 13.4. The van der Waals surface area contributed by atoms with Crippen molar-refractivity contribution in [1.29, 1.82) is 0 Å². The molecule has 0 spiro atoms. The molecule has 6 heteroatoms. The molecule has 0 aliphatic rings. The summed E-state index contributed by atoms with van der Waals surface area (Å²) in [6.07, 6.45) is -0.795. The van der Waals surface area contributed by atoms with Gasteiger partial charge in [-0.15, -0.1) is 0 Å². The number of ether oxygens (including phenoxy) is 1. The van der Waals surface area contributed by atoms with Gasteiger partial charge in [0.2, 0.25) is 0 Å². The molecule has 0 saturated carbocycles. The third-order valence-electron chi connectivity index (χ3n) is 3.14. The summed E-state index contributed by atoms with van der Waals surface area (Å²) in [5.74, 6) is -1.85. The number of hydrogen-bond donors (Lipinski definition) is 1. The quantitative estimate of drug-likeness (QED) is 0.931. The van der Waals surface area contributed by atoms with Crippen LogP contribution < -0.4 is 0 Å². The van der Waals surface area contributed by atoms with E-state index in [9.17, 15) is 19.1 Å². The number of nitrogens with zero attached hydrogens (tertiary/aromatic N) is 1. The van der Waals surface area contributed by atoms with Crippen molar-refractivity contribution in [2.75, 3.05) is 7.05 Å². The first-order chi connectivity index (χ1) is 9.48. The van der Waals surface area contributed by atoms with Gasteiger partial charge in [-0.3, -0.25) is 4.90 Å². The van der Waals surface area contributed by atoms with Crippen molar-refractivity contribution in [3.63, 3.8) is 0 Å². The Morgan fingerprint density at radius 3 is 2.24 bits per heavy atom. The van der Waals surface area contributed by atoms with Crippen molar-refractivity contribution in [3.05, 3.63) is 35.6 Å². The molecule has 0 aliphatic carbocycles. The number of carbonyl (C=O) groups excluding carboxylic acids is 1. The van der Waals surface area contributed by atoms with E-state index in [1.165, 1.54) is 32.2 Å². The van der Waals surface area contributed by atoms with Crippen LogP contribution in [0.3, 0.4) is 0 Å². The van der Waals surface area contributed by atoms with Crippen LogP contribution in [0.4, 0.5) is 9.18 Å². The zero-order valence-electron chi connectivity index (χ0n) is 12.8. The lowest BCUT2D eigenvalue weighted by atomic mass is 9.90. The van der Waals surface area contributed by atoms with E-state index in [2.05, 4.69) is 0 Å². The average Bonchev–Trinajstić information content (AvgIpc) is 2.34. The monoisotopic (exact) mass is 297 g/mol. The highest BCUT2D eigenvalue weighted by molar-refractivity contribution is 5.85. The molecule has 5 nitrogen and oxygen atoms in total. The lowest BCUT2D eigenvalue weighted by Gasteiger charge is -2.36. The predicted octanol–water partition coefficient (Wildman–Crippen LogP) is 2.99. The lowest BCUT2D eigenvalue weighted by molar-refractivity contribution is -0.150. The van der Waals surface area contributed by atoms with Gasteiger partial charge in [-0.05, 0) is 45.4 Å². The average molecular weight is 297 g/mol.